The van der Waals surface area contributed by atoms with Crippen LogP contribution in [0, 0.1) is 0 Å². The minimum Gasteiger partial charge on any atom is -0.369 e. The summed E-state index contributed by atoms with van der Waals surface area (Å²) in [5.74, 6) is -0.128. The number of amides is 1. The SMILES string of the molecule is CC(C)N1CCN(c2ccc(C(=O)N3CCc4ccc(S(N)(=O)=O)cc43)cc2)CC1. The number of rotatable bonds is 4. The maximum absolute atomic E-state index is 13.1. The lowest BCUT2D eigenvalue weighted by molar-refractivity contribution is 0.0989. The number of anilines is 2. The molecular weight excluding hydrogens is 400 g/mol. The topological polar surface area (TPSA) is 86.9 Å². The Labute approximate surface area is 178 Å². The first-order valence-electron chi connectivity index (χ1n) is 10.3. The van der Waals surface area contributed by atoms with Gasteiger partial charge >= 0.3 is 0 Å². The molecular formula is C22H28N4O3S. The van der Waals surface area contributed by atoms with E-state index in [1.54, 1.807) is 11.0 Å². The summed E-state index contributed by atoms with van der Waals surface area (Å²) in [4.78, 5) is 19.6. The minimum atomic E-state index is -3.81. The normalized spacial score (nSPS) is 17.5. The summed E-state index contributed by atoms with van der Waals surface area (Å²) in [7, 11) is -3.81. The number of carbonyl (C=O) groups excluding carboxylic acids is 1. The Balaban J connectivity index is 1.50. The molecule has 0 aliphatic carbocycles. The molecule has 1 amide bonds. The van der Waals surface area contributed by atoms with Gasteiger partial charge in [0.05, 0.1) is 4.90 Å². The highest BCUT2D eigenvalue weighted by molar-refractivity contribution is 7.89. The molecule has 0 radical (unpaired) electrons. The van der Waals surface area contributed by atoms with Gasteiger partial charge in [-0.05, 0) is 62.2 Å². The highest BCUT2D eigenvalue weighted by Gasteiger charge is 2.27. The number of carbonyl (C=O) groups is 1. The van der Waals surface area contributed by atoms with Crippen LogP contribution in [0.3, 0.4) is 0 Å². The molecule has 30 heavy (non-hydrogen) atoms. The third-order valence-electron chi connectivity index (χ3n) is 6.05. The van der Waals surface area contributed by atoms with Crippen LogP contribution >= 0.6 is 0 Å². The first-order valence-corrected chi connectivity index (χ1v) is 11.9. The molecule has 2 heterocycles. The van der Waals surface area contributed by atoms with Gasteiger partial charge in [0.15, 0.2) is 0 Å². The van der Waals surface area contributed by atoms with Crippen LogP contribution in [0.2, 0.25) is 0 Å². The van der Waals surface area contributed by atoms with E-state index in [2.05, 4.69) is 23.6 Å². The first kappa shape index (κ1) is 20.8. The van der Waals surface area contributed by atoms with Crippen LogP contribution in [0.5, 0.6) is 0 Å². The number of fused-ring (bicyclic) bond motifs is 1. The molecule has 8 heteroatoms. The van der Waals surface area contributed by atoms with Crippen molar-refractivity contribution in [2.75, 3.05) is 42.5 Å². The highest BCUT2D eigenvalue weighted by Crippen LogP contribution is 2.31. The van der Waals surface area contributed by atoms with Gasteiger partial charge in [0.25, 0.3) is 5.91 Å². The van der Waals surface area contributed by atoms with Crippen molar-refractivity contribution in [3.8, 4) is 0 Å². The maximum Gasteiger partial charge on any atom is 0.258 e. The quantitative estimate of drug-likeness (QED) is 0.806. The number of sulfonamides is 1. The van der Waals surface area contributed by atoms with Gasteiger partial charge in [-0.3, -0.25) is 9.69 Å². The standard InChI is InChI=1S/C22H28N4O3S/c1-16(2)24-11-13-25(14-12-24)19-6-3-18(4-7-19)22(27)26-10-9-17-5-8-20(15-21(17)26)30(23,28)29/h3-8,15-16H,9-14H2,1-2H3,(H2,23,28,29). The molecule has 1 saturated heterocycles. The molecule has 2 N–H and O–H groups in total. The molecule has 1 fully saturated rings. The largest absolute Gasteiger partial charge is 0.369 e. The molecule has 0 atom stereocenters. The zero-order valence-electron chi connectivity index (χ0n) is 17.4. The molecule has 160 valence electrons. The summed E-state index contributed by atoms with van der Waals surface area (Å²) in [6.07, 6.45) is 0.699. The van der Waals surface area contributed by atoms with Gasteiger partial charge in [-0.25, -0.2) is 13.6 Å². The molecule has 7 nitrogen and oxygen atoms in total. The number of nitrogens with zero attached hydrogens (tertiary/aromatic N) is 3. The van der Waals surface area contributed by atoms with Crippen molar-refractivity contribution in [3.05, 3.63) is 53.6 Å². The lowest BCUT2D eigenvalue weighted by Crippen LogP contribution is -2.48. The van der Waals surface area contributed by atoms with E-state index in [0.29, 0.717) is 30.3 Å². The molecule has 0 bridgehead atoms. The smallest absolute Gasteiger partial charge is 0.258 e. The van der Waals surface area contributed by atoms with Crippen molar-refractivity contribution in [3.63, 3.8) is 0 Å². The summed E-state index contributed by atoms with van der Waals surface area (Å²) in [5.41, 5.74) is 3.29. The highest BCUT2D eigenvalue weighted by atomic mass is 32.2. The first-order chi connectivity index (χ1) is 14.2. The maximum atomic E-state index is 13.1. The summed E-state index contributed by atoms with van der Waals surface area (Å²) in [5, 5.41) is 5.26. The average Bonchev–Trinajstić information content (AvgIpc) is 3.16. The zero-order valence-corrected chi connectivity index (χ0v) is 18.2. The van der Waals surface area contributed by atoms with E-state index in [0.717, 1.165) is 37.4 Å². The molecule has 0 spiro atoms. The number of benzene rings is 2. The predicted molar refractivity (Wildman–Crippen MR) is 119 cm³/mol. The fourth-order valence-corrected chi connectivity index (χ4v) is 4.75. The van der Waals surface area contributed by atoms with Crippen molar-refractivity contribution in [2.24, 2.45) is 5.14 Å². The Kier molecular flexibility index (Phi) is 5.57. The number of primary sulfonamides is 1. The Morgan fingerprint density at radius 2 is 1.63 bits per heavy atom. The van der Waals surface area contributed by atoms with E-state index < -0.39 is 10.0 Å². The van der Waals surface area contributed by atoms with Gasteiger partial charge in [-0.15, -0.1) is 0 Å². The molecule has 0 aromatic heterocycles. The van der Waals surface area contributed by atoms with Crippen molar-refractivity contribution in [1.82, 2.24) is 4.90 Å². The summed E-state index contributed by atoms with van der Waals surface area (Å²) in [6.45, 7) is 8.99. The van der Waals surface area contributed by atoms with Gasteiger partial charge in [0, 0.05) is 55.7 Å². The summed E-state index contributed by atoms with van der Waals surface area (Å²) >= 11 is 0. The molecule has 0 saturated carbocycles. The van der Waals surface area contributed by atoms with Crippen LogP contribution in [-0.2, 0) is 16.4 Å². The molecule has 2 aromatic carbocycles. The second kappa shape index (κ2) is 8.02. The van der Waals surface area contributed by atoms with Crippen LogP contribution < -0.4 is 14.9 Å². The van der Waals surface area contributed by atoms with Crippen LogP contribution in [0.1, 0.15) is 29.8 Å². The van der Waals surface area contributed by atoms with E-state index in [9.17, 15) is 13.2 Å². The molecule has 2 aromatic rings. The minimum absolute atomic E-state index is 0.0248. The van der Waals surface area contributed by atoms with Crippen molar-refractivity contribution in [1.29, 1.82) is 0 Å². The Morgan fingerprint density at radius 1 is 0.967 bits per heavy atom. The summed E-state index contributed by atoms with van der Waals surface area (Å²) < 4.78 is 23.4. The van der Waals surface area contributed by atoms with E-state index in [-0.39, 0.29) is 10.8 Å². The molecule has 2 aliphatic heterocycles. The van der Waals surface area contributed by atoms with Gasteiger partial charge < -0.3 is 9.80 Å². The fraction of sp³-hybridized carbons (Fsp3) is 0.409. The van der Waals surface area contributed by atoms with Gasteiger partial charge in [0.2, 0.25) is 10.0 Å². The van der Waals surface area contributed by atoms with Crippen molar-refractivity contribution >= 4 is 27.3 Å². The van der Waals surface area contributed by atoms with E-state index in [1.165, 1.54) is 12.1 Å². The number of nitrogens with two attached hydrogens (primary N) is 1. The van der Waals surface area contributed by atoms with Gasteiger partial charge in [0.1, 0.15) is 0 Å². The second-order valence-corrected chi connectivity index (χ2v) is 9.77. The van der Waals surface area contributed by atoms with E-state index >= 15 is 0 Å². The van der Waals surface area contributed by atoms with Gasteiger partial charge in [-0.1, -0.05) is 6.07 Å². The predicted octanol–water partition coefficient (Wildman–Crippen LogP) is 2.07. The third kappa shape index (κ3) is 4.08. The van der Waals surface area contributed by atoms with E-state index in [1.807, 2.05) is 24.3 Å². The number of hydrogen-bond acceptors (Lipinski definition) is 5. The van der Waals surface area contributed by atoms with Crippen LogP contribution in [0.4, 0.5) is 11.4 Å². The second-order valence-electron chi connectivity index (χ2n) is 8.21. The van der Waals surface area contributed by atoms with Crippen molar-refractivity contribution < 1.29 is 13.2 Å². The van der Waals surface area contributed by atoms with Crippen LogP contribution in [0.15, 0.2) is 47.4 Å². The monoisotopic (exact) mass is 428 g/mol. The Bertz CT molecular complexity index is 1040. The molecule has 0 unspecified atom stereocenters. The van der Waals surface area contributed by atoms with Gasteiger partial charge in [-0.2, -0.15) is 0 Å². The van der Waals surface area contributed by atoms with Crippen LogP contribution in [-0.4, -0.2) is 58.0 Å². The number of hydrogen-bond donors (Lipinski definition) is 1. The van der Waals surface area contributed by atoms with Crippen LogP contribution in [0.25, 0.3) is 0 Å². The fourth-order valence-electron chi connectivity index (χ4n) is 4.21. The van der Waals surface area contributed by atoms with Crippen molar-refractivity contribution in [2.45, 2.75) is 31.2 Å². The van der Waals surface area contributed by atoms with E-state index in [4.69, 9.17) is 5.14 Å². The zero-order chi connectivity index (χ0) is 21.5. The lowest BCUT2D eigenvalue weighted by Gasteiger charge is -2.38. The Morgan fingerprint density at radius 3 is 2.23 bits per heavy atom. The third-order valence-corrected chi connectivity index (χ3v) is 6.96. The Hall–Kier alpha value is -2.42. The lowest BCUT2D eigenvalue weighted by atomic mass is 10.1. The average molecular weight is 429 g/mol. The number of piperazine rings is 1. The molecule has 2 aliphatic rings. The summed E-state index contributed by atoms with van der Waals surface area (Å²) in [6, 6.07) is 13.0. The molecule has 4 rings (SSSR count).